The molecule has 1 fully saturated rings. The maximum Gasteiger partial charge on any atom is 0.322 e. The lowest BCUT2D eigenvalue weighted by Crippen LogP contribution is -2.63. The Morgan fingerprint density at radius 1 is 1.25 bits per heavy atom. The van der Waals surface area contributed by atoms with Crippen LogP contribution in [0.15, 0.2) is 18.2 Å². The minimum absolute atomic E-state index is 0.0115. The maximum absolute atomic E-state index is 12.8. The van der Waals surface area contributed by atoms with E-state index in [9.17, 15) is 4.79 Å². The van der Waals surface area contributed by atoms with Gasteiger partial charge in [-0.2, -0.15) is 0 Å². The first-order valence-electron chi connectivity index (χ1n) is 8.73. The number of rotatable bonds is 2. The zero-order valence-corrected chi connectivity index (χ0v) is 15.4. The van der Waals surface area contributed by atoms with E-state index < -0.39 is 0 Å². The molecule has 0 atom stereocenters. The van der Waals surface area contributed by atoms with Crippen LogP contribution in [0, 0.1) is 0 Å². The highest BCUT2D eigenvalue weighted by molar-refractivity contribution is 5.94. The van der Waals surface area contributed by atoms with Gasteiger partial charge in [0.15, 0.2) is 0 Å². The number of hydrogen-bond donors (Lipinski definition) is 2. The molecule has 0 saturated carbocycles. The molecule has 0 aliphatic carbocycles. The highest BCUT2D eigenvalue weighted by Crippen LogP contribution is 2.32. The molecule has 0 unspecified atom stereocenters. The predicted molar refractivity (Wildman–Crippen MR) is 96.9 cm³/mol. The van der Waals surface area contributed by atoms with Crippen LogP contribution in [0.25, 0.3) is 0 Å². The molecule has 2 N–H and O–H groups in total. The van der Waals surface area contributed by atoms with Gasteiger partial charge in [-0.3, -0.25) is 4.90 Å². The third-order valence-electron chi connectivity index (χ3n) is 4.95. The van der Waals surface area contributed by atoms with Crippen LogP contribution in [0.4, 0.5) is 10.5 Å². The van der Waals surface area contributed by atoms with Crippen molar-refractivity contribution < 1.29 is 9.53 Å². The average molecular weight is 331 g/mol. The minimum atomic E-state index is 0.0115. The summed E-state index contributed by atoms with van der Waals surface area (Å²) in [6.45, 7) is 9.52. The van der Waals surface area contributed by atoms with Crippen molar-refractivity contribution in [2.45, 2.75) is 64.1 Å². The molecule has 0 bridgehead atoms. The molecule has 3 rings (SSSR count). The summed E-state index contributed by atoms with van der Waals surface area (Å²) in [6, 6.07) is 6.13. The fourth-order valence-corrected chi connectivity index (χ4v) is 4.39. The Morgan fingerprint density at radius 2 is 1.92 bits per heavy atom. The zero-order chi connectivity index (χ0) is 17.5. The van der Waals surface area contributed by atoms with Gasteiger partial charge in [-0.15, -0.1) is 0 Å². The van der Waals surface area contributed by atoms with Crippen LogP contribution in [0.3, 0.4) is 0 Å². The standard InChI is InChI=1S/C19H29N3O2/c1-18(2)11-14(12-19(3,4)21-18)20-17(23)22-9-8-13-10-15(24-5)6-7-16(13)22/h6-7,10,14,21H,8-9,11-12H2,1-5H3,(H,20,23). The molecule has 1 aromatic carbocycles. The Morgan fingerprint density at radius 3 is 2.54 bits per heavy atom. The maximum atomic E-state index is 12.8. The second-order valence-electron chi connectivity index (χ2n) is 8.34. The van der Waals surface area contributed by atoms with E-state index in [1.807, 2.05) is 23.1 Å². The van der Waals surface area contributed by atoms with Gasteiger partial charge in [0.25, 0.3) is 0 Å². The number of piperidine rings is 1. The van der Waals surface area contributed by atoms with Gasteiger partial charge in [0.2, 0.25) is 0 Å². The molecular formula is C19H29N3O2. The monoisotopic (exact) mass is 331 g/mol. The van der Waals surface area contributed by atoms with Crippen LogP contribution >= 0.6 is 0 Å². The van der Waals surface area contributed by atoms with Crippen molar-refractivity contribution in [2.24, 2.45) is 0 Å². The van der Waals surface area contributed by atoms with Crippen LogP contribution in [-0.2, 0) is 6.42 Å². The Labute approximate surface area is 144 Å². The summed E-state index contributed by atoms with van der Waals surface area (Å²) in [5, 5.41) is 6.91. The summed E-state index contributed by atoms with van der Waals surface area (Å²) in [5.74, 6) is 0.845. The summed E-state index contributed by atoms with van der Waals surface area (Å²) in [7, 11) is 1.67. The lowest BCUT2D eigenvalue weighted by atomic mass is 9.80. The van der Waals surface area contributed by atoms with E-state index in [0.29, 0.717) is 0 Å². The molecule has 2 aliphatic rings. The highest BCUT2D eigenvalue weighted by Gasteiger charge is 2.39. The van der Waals surface area contributed by atoms with Crippen molar-refractivity contribution in [3.8, 4) is 5.75 Å². The number of urea groups is 1. The Balaban J connectivity index is 1.71. The van der Waals surface area contributed by atoms with Crippen molar-refractivity contribution in [3.63, 3.8) is 0 Å². The Kier molecular flexibility index (Phi) is 4.24. The summed E-state index contributed by atoms with van der Waals surface area (Å²) in [6.07, 6.45) is 2.75. The second kappa shape index (κ2) is 5.96. The Hall–Kier alpha value is -1.75. The van der Waals surface area contributed by atoms with Crippen LogP contribution in [0.2, 0.25) is 0 Å². The van der Waals surface area contributed by atoms with Crippen LogP contribution in [-0.4, -0.2) is 36.8 Å². The minimum Gasteiger partial charge on any atom is -0.497 e. The fourth-order valence-electron chi connectivity index (χ4n) is 4.39. The van der Waals surface area contributed by atoms with E-state index in [1.165, 1.54) is 5.56 Å². The van der Waals surface area contributed by atoms with Gasteiger partial charge in [-0.1, -0.05) is 0 Å². The number of ether oxygens (including phenoxy) is 1. The molecule has 0 aromatic heterocycles. The first-order chi connectivity index (χ1) is 11.2. The second-order valence-corrected chi connectivity index (χ2v) is 8.34. The van der Waals surface area contributed by atoms with E-state index in [2.05, 4.69) is 38.3 Å². The number of nitrogens with zero attached hydrogens (tertiary/aromatic N) is 1. The van der Waals surface area contributed by atoms with E-state index >= 15 is 0 Å². The molecule has 0 spiro atoms. The summed E-state index contributed by atoms with van der Waals surface area (Å²) in [5.41, 5.74) is 2.22. The van der Waals surface area contributed by atoms with Crippen molar-refractivity contribution in [1.82, 2.24) is 10.6 Å². The Bertz CT molecular complexity index is 623. The third kappa shape index (κ3) is 3.51. The number of amides is 2. The van der Waals surface area contributed by atoms with E-state index in [0.717, 1.165) is 37.2 Å². The van der Waals surface area contributed by atoms with Crippen LogP contribution in [0.1, 0.15) is 46.1 Å². The molecule has 5 nitrogen and oxygen atoms in total. The molecule has 2 amide bonds. The first-order valence-corrected chi connectivity index (χ1v) is 8.73. The van der Waals surface area contributed by atoms with Crippen LogP contribution < -0.4 is 20.3 Å². The molecule has 2 aliphatic heterocycles. The van der Waals surface area contributed by atoms with Crippen molar-refractivity contribution in [1.29, 1.82) is 0 Å². The van der Waals surface area contributed by atoms with Crippen molar-refractivity contribution in [3.05, 3.63) is 23.8 Å². The van der Waals surface area contributed by atoms with Gasteiger partial charge in [-0.25, -0.2) is 4.79 Å². The number of methoxy groups -OCH3 is 1. The van der Waals surface area contributed by atoms with E-state index in [4.69, 9.17) is 4.74 Å². The van der Waals surface area contributed by atoms with Gasteiger partial charge in [0.1, 0.15) is 5.75 Å². The van der Waals surface area contributed by atoms with Gasteiger partial charge in [0, 0.05) is 29.4 Å². The summed E-state index contributed by atoms with van der Waals surface area (Å²) < 4.78 is 5.28. The summed E-state index contributed by atoms with van der Waals surface area (Å²) in [4.78, 5) is 14.7. The summed E-state index contributed by atoms with van der Waals surface area (Å²) >= 11 is 0. The van der Waals surface area contributed by atoms with Gasteiger partial charge in [0.05, 0.1) is 7.11 Å². The highest BCUT2D eigenvalue weighted by atomic mass is 16.5. The lowest BCUT2D eigenvalue weighted by molar-refractivity contribution is 0.148. The lowest BCUT2D eigenvalue weighted by Gasteiger charge is -2.46. The predicted octanol–water partition coefficient (Wildman–Crippen LogP) is 3.08. The van der Waals surface area contributed by atoms with Crippen molar-refractivity contribution in [2.75, 3.05) is 18.6 Å². The molecule has 2 heterocycles. The number of benzene rings is 1. The van der Waals surface area contributed by atoms with Gasteiger partial charge in [-0.05, 0) is 70.7 Å². The van der Waals surface area contributed by atoms with E-state index in [-0.39, 0.29) is 23.2 Å². The van der Waals surface area contributed by atoms with Crippen molar-refractivity contribution >= 4 is 11.7 Å². The number of anilines is 1. The van der Waals surface area contributed by atoms with Gasteiger partial charge < -0.3 is 15.4 Å². The molecule has 1 saturated heterocycles. The third-order valence-corrected chi connectivity index (χ3v) is 4.95. The topological polar surface area (TPSA) is 53.6 Å². The molecule has 132 valence electrons. The largest absolute Gasteiger partial charge is 0.497 e. The molecule has 24 heavy (non-hydrogen) atoms. The molecule has 5 heteroatoms. The zero-order valence-electron chi connectivity index (χ0n) is 15.4. The number of hydrogen-bond acceptors (Lipinski definition) is 3. The van der Waals surface area contributed by atoms with E-state index in [1.54, 1.807) is 7.11 Å². The number of nitrogens with one attached hydrogen (secondary N) is 2. The average Bonchev–Trinajstić information content (AvgIpc) is 2.86. The first kappa shape index (κ1) is 17.1. The SMILES string of the molecule is COc1ccc2c(c1)CCN2C(=O)NC1CC(C)(C)NC(C)(C)C1. The van der Waals surface area contributed by atoms with Crippen LogP contribution in [0.5, 0.6) is 5.75 Å². The molecule has 1 aromatic rings. The number of carbonyl (C=O) groups is 1. The fraction of sp³-hybridized carbons (Fsp3) is 0.632. The number of carbonyl (C=O) groups excluding carboxylic acids is 1. The van der Waals surface area contributed by atoms with Gasteiger partial charge >= 0.3 is 6.03 Å². The smallest absolute Gasteiger partial charge is 0.322 e. The quantitative estimate of drug-likeness (QED) is 0.876. The molecular weight excluding hydrogens is 302 g/mol. The normalized spacial score (nSPS) is 22.1. The molecule has 0 radical (unpaired) electrons. The number of fused-ring (bicyclic) bond motifs is 1.